The topological polar surface area (TPSA) is 58.6 Å². The van der Waals surface area contributed by atoms with Crippen molar-refractivity contribution in [2.75, 3.05) is 6.61 Å². The van der Waals surface area contributed by atoms with Gasteiger partial charge in [0.25, 0.3) is 5.91 Å². The highest BCUT2D eigenvalue weighted by molar-refractivity contribution is 6.32. The van der Waals surface area contributed by atoms with E-state index in [9.17, 15) is 9.59 Å². The van der Waals surface area contributed by atoms with Gasteiger partial charge in [0, 0.05) is 19.0 Å². The molecule has 0 saturated heterocycles. The van der Waals surface area contributed by atoms with Crippen molar-refractivity contribution in [2.45, 2.75) is 64.1 Å². The Morgan fingerprint density at radius 2 is 1.59 bits per heavy atom. The minimum absolute atomic E-state index is 0.117. The van der Waals surface area contributed by atoms with Gasteiger partial charge in [-0.1, -0.05) is 103 Å². The molecule has 6 heteroatoms. The molecule has 3 aromatic rings. The number of aryl methyl sites for hydroxylation is 1. The van der Waals surface area contributed by atoms with Gasteiger partial charge in [-0.2, -0.15) is 0 Å². The van der Waals surface area contributed by atoms with E-state index in [0.717, 1.165) is 42.4 Å². The van der Waals surface area contributed by atoms with Gasteiger partial charge in [0.05, 0.1) is 5.02 Å². The summed E-state index contributed by atoms with van der Waals surface area (Å²) in [5.41, 5.74) is 3.10. The molecule has 1 fully saturated rings. The molecule has 0 aromatic heterocycles. The molecule has 1 N–H and O–H groups in total. The molecule has 3 aromatic carbocycles. The zero-order valence-electron chi connectivity index (χ0n) is 21.4. The average molecular weight is 519 g/mol. The highest BCUT2D eigenvalue weighted by Crippen LogP contribution is 2.24. The first-order valence-corrected chi connectivity index (χ1v) is 13.4. The number of carbonyl (C=O) groups is 2. The first-order chi connectivity index (χ1) is 18.0. The molecule has 0 radical (unpaired) electrons. The summed E-state index contributed by atoms with van der Waals surface area (Å²) in [6.45, 7) is 2.12. The minimum atomic E-state index is -0.673. The SMILES string of the molecule is Cc1ccc(CN(C(=O)COc2ccccc2Cl)C(Cc2ccccc2)C(=O)NC2CCCCC2)cc1. The van der Waals surface area contributed by atoms with Gasteiger partial charge in [-0.3, -0.25) is 9.59 Å². The van der Waals surface area contributed by atoms with Crippen LogP contribution in [0, 0.1) is 6.92 Å². The molecule has 37 heavy (non-hydrogen) atoms. The van der Waals surface area contributed by atoms with Gasteiger partial charge >= 0.3 is 0 Å². The number of hydrogen-bond donors (Lipinski definition) is 1. The summed E-state index contributed by atoms with van der Waals surface area (Å²) in [6.07, 6.45) is 5.81. The highest BCUT2D eigenvalue weighted by Gasteiger charge is 2.32. The van der Waals surface area contributed by atoms with Crippen LogP contribution in [0.1, 0.15) is 48.8 Å². The number of ether oxygens (including phenoxy) is 1. The van der Waals surface area contributed by atoms with Crippen molar-refractivity contribution in [3.05, 3.63) is 101 Å². The van der Waals surface area contributed by atoms with Gasteiger partial charge in [-0.15, -0.1) is 0 Å². The summed E-state index contributed by atoms with van der Waals surface area (Å²) < 4.78 is 5.81. The van der Waals surface area contributed by atoms with Gasteiger partial charge in [0.2, 0.25) is 5.91 Å². The fourth-order valence-corrected chi connectivity index (χ4v) is 4.96. The number of rotatable bonds is 10. The maximum absolute atomic E-state index is 13.8. The number of halogens is 1. The molecule has 0 bridgehead atoms. The number of para-hydroxylation sites is 1. The van der Waals surface area contributed by atoms with Gasteiger partial charge in [-0.25, -0.2) is 0 Å². The van der Waals surface area contributed by atoms with E-state index in [0.29, 0.717) is 23.7 Å². The average Bonchev–Trinajstić information content (AvgIpc) is 2.92. The van der Waals surface area contributed by atoms with Crippen molar-refractivity contribution in [3.8, 4) is 5.75 Å². The summed E-state index contributed by atoms with van der Waals surface area (Å²) in [6, 6.07) is 24.5. The van der Waals surface area contributed by atoms with Crippen molar-refractivity contribution in [2.24, 2.45) is 0 Å². The molecule has 1 saturated carbocycles. The third kappa shape index (κ3) is 7.83. The Morgan fingerprint density at radius 3 is 2.30 bits per heavy atom. The van der Waals surface area contributed by atoms with E-state index in [-0.39, 0.29) is 24.5 Å². The number of nitrogens with one attached hydrogen (secondary N) is 1. The number of benzene rings is 3. The number of hydrogen-bond acceptors (Lipinski definition) is 3. The summed E-state index contributed by atoms with van der Waals surface area (Å²) >= 11 is 6.25. The van der Waals surface area contributed by atoms with E-state index in [1.54, 1.807) is 17.0 Å². The Balaban J connectivity index is 1.61. The minimum Gasteiger partial charge on any atom is -0.482 e. The molecule has 2 amide bonds. The molecule has 4 rings (SSSR count). The third-order valence-corrected chi connectivity index (χ3v) is 7.20. The largest absolute Gasteiger partial charge is 0.482 e. The van der Waals surface area contributed by atoms with E-state index >= 15 is 0 Å². The molecule has 1 aliphatic rings. The first kappa shape index (κ1) is 26.7. The van der Waals surface area contributed by atoms with Crippen LogP contribution in [0.4, 0.5) is 0 Å². The van der Waals surface area contributed by atoms with Gasteiger partial charge in [0.1, 0.15) is 11.8 Å². The van der Waals surface area contributed by atoms with E-state index in [1.165, 1.54) is 6.42 Å². The van der Waals surface area contributed by atoms with Gasteiger partial charge in [-0.05, 0) is 43.0 Å². The lowest BCUT2D eigenvalue weighted by atomic mass is 9.94. The predicted octanol–water partition coefficient (Wildman–Crippen LogP) is 6.12. The van der Waals surface area contributed by atoms with Crippen molar-refractivity contribution < 1.29 is 14.3 Å². The quantitative estimate of drug-likeness (QED) is 0.352. The molecule has 0 spiro atoms. The molecule has 5 nitrogen and oxygen atoms in total. The Kier molecular flexibility index (Phi) is 9.61. The second kappa shape index (κ2) is 13.3. The van der Waals surface area contributed by atoms with Crippen LogP contribution in [-0.4, -0.2) is 35.4 Å². The van der Waals surface area contributed by atoms with Gasteiger partial charge < -0.3 is 15.0 Å². The van der Waals surface area contributed by atoms with E-state index in [2.05, 4.69) is 5.32 Å². The van der Waals surface area contributed by atoms with E-state index < -0.39 is 6.04 Å². The van der Waals surface area contributed by atoms with Gasteiger partial charge in [0.15, 0.2) is 6.61 Å². The molecule has 1 aliphatic carbocycles. The van der Waals surface area contributed by atoms with Crippen molar-refractivity contribution in [1.29, 1.82) is 0 Å². The summed E-state index contributed by atoms with van der Waals surface area (Å²) in [4.78, 5) is 29.1. The van der Waals surface area contributed by atoms with Crippen LogP contribution in [-0.2, 0) is 22.6 Å². The van der Waals surface area contributed by atoms with Crippen molar-refractivity contribution in [3.63, 3.8) is 0 Å². The molecular formula is C31H35ClN2O3. The highest BCUT2D eigenvalue weighted by atomic mass is 35.5. The Morgan fingerprint density at radius 1 is 0.919 bits per heavy atom. The lowest BCUT2D eigenvalue weighted by molar-refractivity contribution is -0.143. The Hall–Kier alpha value is -3.31. The second-order valence-electron chi connectivity index (χ2n) is 9.78. The van der Waals surface area contributed by atoms with Crippen LogP contribution in [0.25, 0.3) is 0 Å². The van der Waals surface area contributed by atoms with Crippen LogP contribution in [0.15, 0.2) is 78.9 Å². The smallest absolute Gasteiger partial charge is 0.261 e. The lowest BCUT2D eigenvalue weighted by Crippen LogP contribution is -2.53. The van der Waals surface area contributed by atoms with Crippen molar-refractivity contribution >= 4 is 23.4 Å². The monoisotopic (exact) mass is 518 g/mol. The molecule has 1 atom stereocenters. The summed E-state index contributed by atoms with van der Waals surface area (Å²) in [5, 5.41) is 3.70. The van der Waals surface area contributed by atoms with E-state index in [4.69, 9.17) is 16.3 Å². The second-order valence-corrected chi connectivity index (χ2v) is 10.2. The molecule has 0 heterocycles. The zero-order chi connectivity index (χ0) is 26.0. The standard InChI is InChI=1S/C31H35ClN2O3/c1-23-16-18-25(19-17-23)21-34(30(35)22-37-29-15-9-8-14-27(29)32)28(20-24-10-4-2-5-11-24)31(36)33-26-12-6-3-7-13-26/h2,4-5,8-11,14-19,26,28H,3,6-7,12-13,20-22H2,1H3,(H,33,36). The number of carbonyl (C=O) groups excluding carboxylic acids is 2. The zero-order valence-corrected chi connectivity index (χ0v) is 22.1. The fourth-order valence-electron chi connectivity index (χ4n) is 4.77. The summed E-state index contributed by atoms with van der Waals surface area (Å²) in [7, 11) is 0. The maximum atomic E-state index is 13.8. The molecular weight excluding hydrogens is 484 g/mol. The van der Waals surface area contributed by atoms with Crippen LogP contribution in [0.3, 0.4) is 0 Å². The fraction of sp³-hybridized carbons (Fsp3) is 0.355. The lowest BCUT2D eigenvalue weighted by Gasteiger charge is -2.33. The van der Waals surface area contributed by atoms with Crippen LogP contribution < -0.4 is 10.1 Å². The summed E-state index contributed by atoms with van der Waals surface area (Å²) in [5.74, 6) is 0.0632. The predicted molar refractivity (Wildman–Crippen MR) is 148 cm³/mol. The Labute approximate surface area is 224 Å². The van der Waals surface area contributed by atoms with Crippen LogP contribution >= 0.6 is 11.6 Å². The third-order valence-electron chi connectivity index (χ3n) is 6.88. The van der Waals surface area contributed by atoms with Crippen LogP contribution in [0.5, 0.6) is 5.75 Å². The Bertz CT molecular complexity index is 1160. The van der Waals surface area contributed by atoms with Crippen molar-refractivity contribution in [1.82, 2.24) is 10.2 Å². The first-order valence-electron chi connectivity index (χ1n) is 13.1. The molecule has 1 unspecified atom stereocenters. The van der Waals surface area contributed by atoms with Crippen LogP contribution in [0.2, 0.25) is 5.02 Å². The molecule has 0 aliphatic heterocycles. The maximum Gasteiger partial charge on any atom is 0.261 e. The van der Waals surface area contributed by atoms with E-state index in [1.807, 2.05) is 73.7 Å². The molecule has 194 valence electrons. The normalized spacial score (nSPS) is 14.5. The number of nitrogens with zero attached hydrogens (tertiary/aromatic N) is 1. The number of amides is 2.